The number of halogens is 2. The Balaban J connectivity index is 2.76. The topological polar surface area (TPSA) is 59.5 Å². The van der Waals surface area contributed by atoms with Gasteiger partial charge in [0.05, 0.1) is 21.4 Å². The molecule has 0 aliphatic rings. The lowest BCUT2D eigenvalue weighted by Crippen LogP contribution is -2.36. The van der Waals surface area contributed by atoms with Crippen LogP contribution in [0.1, 0.15) is 53.3 Å². The average molecular weight is 509 g/mol. The molecule has 33 heavy (non-hydrogen) atoms. The number of carbonyl (C=O) groups excluding carboxylic acids is 2. The molecule has 0 unspecified atom stereocenters. The second-order valence-corrected chi connectivity index (χ2v) is 10.9. The monoisotopic (exact) mass is 508 g/mol. The van der Waals surface area contributed by atoms with Crippen LogP contribution in [0.5, 0.6) is 0 Å². The number of anilines is 1. The van der Waals surface area contributed by atoms with Gasteiger partial charge in [-0.25, -0.2) is 14.7 Å². The van der Waals surface area contributed by atoms with E-state index in [0.717, 1.165) is 28.8 Å². The number of carbonyl (C=O) groups is 2. The highest BCUT2D eigenvalue weighted by Crippen LogP contribution is 2.39. The van der Waals surface area contributed by atoms with Crippen LogP contribution < -0.4 is 4.90 Å². The van der Waals surface area contributed by atoms with Crippen molar-refractivity contribution in [3.8, 4) is 11.3 Å². The molecule has 178 valence electrons. The van der Waals surface area contributed by atoms with Gasteiger partial charge in [0.2, 0.25) is 0 Å². The summed E-state index contributed by atoms with van der Waals surface area (Å²) in [5.74, 6) is 0.358. The van der Waals surface area contributed by atoms with Crippen molar-refractivity contribution in [1.82, 2.24) is 4.98 Å². The van der Waals surface area contributed by atoms with Gasteiger partial charge in [-0.15, -0.1) is 11.3 Å². The van der Waals surface area contributed by atoms with Crippen LogP contribution in [0.2, 0.25) is 10.0 Å². The Labute approximate surface area is 210 Å². The van der Waals surface area contributed by atoms with Gasteiger partial charge >= 0.3 is 6.09 Å². The molecule has 5 nitrogen and oxygen atoms in total. The zero-order chi connectivity index (χ0) is 24.9. The van der Waals surface area contributed by atoms with Gasteiger partial charge in [0.15, 0.2) is 5.13 Å². The lowest BCUT2D eigenvalue weighted by molar-refractivity contribution is -0.104. The Morgan fingerprint density at radius 3 is 2.42 bits per heavy atom. The molecule has 0 aliphatic carbocycles. The molecule has 0 N–H and O–H groups in total. The minimum atomic E-state index is -0.726. The van der Waals surface area contributed by atoms with Crippen molar-refractivity contribution in [1.29, 1.82) is 0 Å². The minimum Gasteiger partial charge on any atom is -0.443 e. The van der Waals surface area contributed by atoms with Crippen molar-refractivity contribution in [2.24, 2.45) is 5.92 Å². The summed E-state index contributed by atoms with van der Waals surface area (Å²) >= 11 is 13.8. The van der Waals surface area contributed by atoms with Gasteiger partial charge in [0.25, 0.3) is 0 Å². The molecule has 8 heteroatoms. The molecule has 2 aromatic rings. The van der Waals surface area contributed by atoms with E-state index in [1.165, 1.54) is 16.2 Å². The van der Waals surface area contributed by atoms with Gasteiger partial charge in [0.1, 0.15) is 11.9 Å². The number of allylic oxidation sites excluding steroid dienone is 3. The zero-order valence-corrected chi connectivity index (χ0v) is 22.4. The molecule has 1 heterocycles. The Hall–Kier alpha value is -2.15. The van der Waals surface area contributed by atoms with Gasteiger partial charge in [0, 0.05) is 16.0 Å². The molecule has 0 saturated carbocycles. The number of benzene rings is 1. The first-order chi connectivity index (χ1) is 15.4. The maximum absolute atomic E-state index is 13.3. The highest BCUT2D eigenvalue weighted by atomic mass is 35.5. The zero-order valence-electron chi connectivity index (χ0n) is 20.0. The molecule has 0 bridgehead atoms. The molecule has 1 aromatic heterocycles. The fourth-order valence-corrected chi connectivity index (χ4v) is 4.60. The van der Waals surface area contributed by atoms with E-state index < -0.39 is 11.7 Å². The predicted octanol–water partition coefficient (Wildman–Crippen LogP) is 8.11. The van der Waals surface area contributed by atoms with Crippen LogP contribution in [0, 0.1) is 5.92 Å². The maximum atomic E-state index is 13.3. The SMILES string of the molecule is C/C=C\C(=C(/C)C=O)N(C(=O)OC(C)(C)C)c1nc(-c2ccc(Cl)c(Cl)c2)c(CC(C)C)s1. The highest BCUT2D eigenvalue weighted by molar-refractivity contribution is 7.16. The highest BCUT2D eigenvalue weighted by Gasteiger charge is 2.30. The number of ether oxygens (including phenoxy) is 1. The second-order valence-electron chi connectivity index (χ2n) is 9.00. The number of aromatic nitrogens is 1. The Morgan fingerprint density at radius 1 is 1.24 bits per heavy atom. The third kappa shape index (κ3) is 7.16. The number of hydrogen-bond donors (Lipinski definition) is 0. The summed E-state index contributed by atoms with van der Waals surface area (Å²) in [6, 6.07) is 5.35. The predicted molar refractivity (Wildman–Crippen MR) is 138 cm³/mol. The van der Waals surface area contributed by atoms with Crippen LogP contribution in [0.3, 0.4) is 0 Å². The first-order valence-corrected chi connectivity index (χ1v) is 12.2. The van der Waals surface area contributed by atoms with Crippen LogP contribution in [0.4, 0.5) is 9.93 Å². The molecule has 0 radical (unpaired) electrons. The van der Waals surface area contributed by atoms with Crippen LogP contribution in [-0.4, -0.2) is 23.0 Å². The summed E-state index contributed by atoms with van der Waals surface area (Å²) in [6.07, 6.45) is 4.33. The molecule has 0 saturated heterocycles. The van der Waals surface area contributed by atoms with Crippen molar-refractivity contribution in [3.63, 3.8) is 0 Å². The third-order valence-corrected chi connectivity index (χ3v) is 6.19. The number of aldehydes is 1. The van der Waals surface area contributed by atoms with Gasteiger partial charge in [-0.1, -0.05) is 49.2 Å². The van der Waals surface area contributed by atoms with E-state index in [2.05, 4.69) is 13.8 Å². The van der Waals surface area contributed by atoms with Crippen molar-refractivity contribution in [3.05, 3.63) is 56.5 Å². The third-order valence-electron chi connectivity index (χ3n) is 4.39. The van der Waals surface area contributed by atoms with Crippen LogP contribution in [-0.2, 0) is 16.0 Å². The van der Waals surface area contributed by atoms with Crippen LogP contribution in [0.15, 0.2) is 41.6 Å². The van der Waals surface area contributed by atoms with E-state index in [4.69, 9.17) is 32.9 Å². The molecule has 1 aromatic carbocycles. The summed E-state index contributed by atoms with van der Waals surface area (Å²) in [7, 11) is 0. The number of thiazole rings is 1. The summed E-state index contributed by atoms with van der Waals surface area (Å²) < 4.78 is 5.68. The van der Waals surface area contributed by atoms with E-state index in [1.54, 1.807) is 52.0 Å². The van der Waals surface area contributed by atoms with Crippen molar-refractivity contribution < 1.29 is 14.3 Å². The summed E-state index contributed by atoms with van der Waals surface area (Å²) in [4.78, 5) is 32.2. The fraction of sp³-hybridized carbons (Fsp3) is 0.400. The quantitative estimate of drug-likeness (QED) is 0.215. The molecule has 0 spiro atoms. The lowest BCUT2D eigenvalue weighted by Gasteiger charge is -2.27. The van der Waals surface area contributed by atoms with E-state index in [0.29, 0.717) is 32.4 Å². The summed E-state index contributed by atoms with van der Waals surface area (Å²) in [5.41, 5.74) is 1.59. The van der Waals surface area contributed by atoms with Crippen LogP contribution in [0.25, 0.3) is 11.3 Å². The largest absolute Gasteiger partial charge is 0.443 e. The normalized spacial score (nSPS) is 12.8. The number of nitrogens with zero attached hydrogens (tertiary/aromatic N) is 2. The van der Waals surface area contributed by atoms with E-state index in [-0.39, 0.29) is 0 Å². The Kier molecular flexibility index (Phi) is 9.29. The van der Waals surface area contributed by atoms with Crippen molar-refractivity contribution in [2.75, 3.05) is 4.90 Å². The van der Waals surface area contributed by atoms with Gasteiger partial charge in [-0.05, 0) is 65.2 Å². The molecule has 0 fully saturated rings. The first kappa shape index (κ1) is 27.1. The molecular weight excluding hydrogens is 479 g/mol. The Morgan fingerprint density at radius 2 is 1.91 bits per heavy atom. The standard InChI is InChI=1S/C25H30Cl2N2O3S/c1-8-9-20(16(4)14-30)29(24(31)32-25(5,6)7)23-28-22(21(33-23)12-15(2)3)17-10-11-18(26)19(27)13-17/h8-11,13-15H,12H2,1-7H3/b9-8-,20-16-. The second kappa shape index (κ2) is 11.3. The lowest BCUT2D eigenvalue weighted by atomic mass is 10.0. The molecule has 2 rings (SSSR count). The Bertz CT molecular complexity index is 1080. The van der Waals surface area contributed by atoms with Gasteiger partial charge < -0.3 is 4.74 Å². The van der Waals surface area contributed by atoms with Gasteiger partial charge in [-0.2, -0.15) is 0 Å². The number of rotatable bonds is 7. The molecule has 0 atom stereocenters. The minimum absolute atomic E-state index is 0.358. The fourth-order valence-electron chi connectivity index (χ4n) is 3.00. The van der Waals surface area contributed by atoms with E-state index in [9.17, 15) is 9.59 Å². The number of hydrogen-bond acceptors (Lipinski definition) is 5. The van der Waals surface area contributed by atoms with Crippen LogP contribution >= 0.6 is 34.5 Å². The van der Waals surface area contributed by atoms with Crippen molar-refractivity contribution in [2.45, 2.75) is 60.5 Å². The summed E-state index contributed by atoms with van der Waals surface area (Å²) in [5, 5.41) is 1.29. The maximum Gasteiger partial charge on any atom is 0.421 e. The summed E-state index contributed by atoms with van der Waals surface area (Å²) in [6.45, 7) is 13.1. The van der Waals surface area contributed by atoms with E-state index >= 15 is 0 Å². The smallest absolute Gasteiger partial charge is 0.421 e. The van der Waals surface area contributed by atoms with E-state index in [1.807, 2.05) is 13.0 Å². The average Bonchev–Trinajstić information content (AvgIpc) is 3.10. The van der Waals surface area contributed by atoms with Crippen molar-refractivity contribution >= 4 is 52.0 Å². The number of amides is 1. The molecular formula is C25H30Cl2N2O3S. The van der Waals surface area contributed by atoms with Gasteiger partial charge in [-0.3, -0.25) is 4.79 Å². The first-order valence-electron chi connectivity index (χ1n) is 10.6. The molecule has 1 amide bonds. The molecule has 0 aliphatic heterocycles.